The highest BCUT2D eigenvalue weighted by atomic mass is 35.5. The van der Waals surface area contributed by atoms with E-state index < -0.39 is 0 Å². The number of amides is 1. The fourth-order valence-electron chi connectivity index (χ4n) is 3.01. The average Bonchev–Trinajstić information content (AvgIpc) is 2.60. The lowest BCUT2D eigenvalue weighted by Crippen LogP contribution is -2.30. The number of rotatable bonds is 2. The van der Waals surface area contributed by atoms with E-state index in [1.54, 1.807) is 7.05 Å². The zero-order valence-electron chi connectivity index (χ0n) is 12.3. The molecule has 2 N–H and O–H groups in total. The van der Waals surface area contributed by atoms with Gasteiger partial charge < -0.3 is 20.3 Å². The number of hydrogen-bond donors (Lipinski definition) is 2. The third-order valence-corrected chi connectivity index (χ3v) is 4.33. The van der Waals surface area contributed by atoms with Crippen molar-refractivity contribution in [1.82, 2.24) is 5.32 Å². The highest BCUT2D eigenvalue weighted by Crippen LogP contribution is 2.39. The van der Waals surface area contributed by atoms with Crippen LogP contribution in [0.1, 0.15) is 24.9 Å². The Morgan fingerprint density at radius 3 is 3.05 bits per heavy atom. The minimum absolute atomic E-state index is 0.0340. The van der Waals surface area contributed by atoms with E-state index in [9.17, 15) is 4.79 Å². The van der Waals surface area contributed by atoms with Crippen LogP contribution in [0.3, 0.4) is 0 Å². The van der Waals surface area contributed by atoms with Crippen LogP contribution in [-0.4, -0.2) is 38.8 Å². The largest absolute Gasteiger partial charge is 0.377 e. The summed E-state index contributed by atoms with van der Waals surface area (Å²) in [5.41, 5.74) is 2.72. The van der Waals surface area contributed by atoms with E-state index in [2.05, 4.69) is 22.5 Å². The number of carbonyl (C=O) groups is 1. The van der Waals surface area contributed by atoms with Crippen molar-refractivity contribution in [3.8, 4) is 0 Å². The number of nitrogens with one attached hydrogen (secondary N) is 2. The molecule has 2 aliphatic heterocycles. The first kappa shape index (κ1) is 14.6. The van der Waals surface area contributed by atoms with E-state index in [1.165, 1.54) is 0 Å². The summed E-state index contributed by atoms with van der Waals surface area (Å²) in [6.45, 7) is 4.56. The Kier molecular flexibility index (Phi) is 4.06. The van der Waals surface area contributed by atoms with Gasteiger partial charge in [-0.1, -0.05) is 11.6 Å². The van der Waals surface area contributed by atoms with Gasteiger partial charge in [-0.05, 0) is 32.5 Å². The second-order valence-corrected chi connectivity index (χ2v) is 5.99. The zero-order valence-corrected chi connectivity index (χ0v) is 13.0. The van der Waals surface area contributed by atoms with Crippen LogP contribution in [0, 0.1) is 0 Å². The molecule has 1 aromatic rings. The Balaban J connectivity index is 1.94. The van der Waals surface area contributed by atoms with Crippen LogP contribution in [-0.2, 0) is 9.53 Å². The standard InChI is InChI=1S/C15H20ClN3O2/c1-9-8-19(4-3-5-21-9)13-7-12-10(6-11(13)16)14(17-2)15(20)18-12/h6-7,9,14,17H,3-5,8H2,1-2H3,(H,18,20). The van der Waals surface area contributed by atoms with Gasteiger partial charge in [0.05, 0.1) is 16.8 Å². The predicted octanol–water partition coefficient (Wildman–Crippen LogP) is 2.17. The van der Waals surface area contributed by atoms with Crippen LogP contribution in [0.5, 0.6) is 0 Å². The molecule has 2 atom stereocenters. The summed E-state index contributed by atoms with van der Waals surface area (Å²) in [6.07, 6.45) is 1.15. The van der Waals surface area contributed by atoms with Gasteiger partial charge in [-0.2, -0.15) is 0 Å². The van der Waals surface area contributed by atoms with Crippen LogP contribution in [0.2, 0.25) is 5.02 Å². The molecule has 2 heterocycles. The fourth-order valence-corrected chi connectivity index (χ4v) is 3.30. The predicted molar refractivity (Wildman–Crippen MR) is 84.1 cm³/mol. The Morgan fingerprint density at radius 2 is 2.29 bits per heavy atom. The lowest BCUT2D eigenvalue weighted by atomic mass is 10.1. The maximum absolute atomic E-state index is 11.9. The van der Waals surface area contributed by atoms with Crippen LogP contribution >= 0.6 is 11.6 Å². The first-order chi connectivity index (χ1) is 10.1. The SMILES string of the molecule is CNC1C(=O)Nc2cc(N3CCCOC(C)C3)c(Cl)cc21. The maximum atomic E-state index is 11.9. The Bertz CT molecular complexity index is 564. The molecule has 1 aromatic carbocycles. The third kappa shape index (κ3) is 2.73. The highest BCUT2D eigenvalue weighted by molar-refractivity contribution is 6.33. The molecular weight excluding hydrogens is 290 g/mol. The molecule has 1 saturated heterocycles. The van der Waals surface area contributed by atoms with Crippen molar-refractivity contribution >= 4 is 28.9 Å². The van der Waals surface area contributed by atoms with Crippen LogP contribution < -0.4 is 15.5 Å². The minimum Gasteiger partial charge on any atom is -0.377 e. The van der Waals surface area contributed by atoms with Gasteiger partial charge in [0.1, 0.15) is 6.04 Å². The summed E-state index contributed by atoms with van der Waals surface area (Å²) >= 11 is 6.46. The number of nitrogens with zero attached hydrogens (tertiary/aromatic N) is 1. The number of benzene rings is 1. The number of carbonyl (C=O) groups excluding carboxylic acids is 1. The number of hydrogen-bond acceptors (Lipinski definition) is 4. The normalized spacial score (nSPS) is 25.5. The van der Waals surface area contributed by atoms with Gasteiger partial charge in [-0.25, -0.2) is 0 Å². The van der Waals surface area contributed by atoms with Gasteiger partial charge in [0.25, 0.3) is 0 Å². The van der Waals surface area contributed by atoms with Crippen molar-refractivity contribution in [3.05, 3.63) is 22.7 Å². The lowest BCUT2D eigenvalue weighted by molar-refractivity contribution is -0.117. The van der Waals surface area contributed by atoms with E-state index in [0.717, 1.165) is 43.1 Å². The number of likely N-dealkylation sites (N-methyl/N-ethyl adjacent to an activating group) is 1. The number of anilines is 2. The molecule has 2 aliphatic rings. The fraction of sp³-hybridized carbons (Fsp3) is 0.533. The third-order valence-electron chi connectivity index (χ3n) is 4.03. The smallest absolute Gasteiger partial charge is 0.246 e. The summed E-state index contributed by atoms with van der Waals surface area (Å²) in [4.78, 5) is 14.2. The molecule has 0 radical (unpaired) electrons. The summed E-state index contributed by atoms with van der Waals surface area (Å²) in [7, 11) is 1.77. The number of halogens is 1. The van der Waals surface area contributed by atoms with Crippen molar-refractivity contribution < 1.29 is 9.53 Å². The van der Waals surface area contributed by atoms with Crippen molar-refractivity contribution in [2.24, 2.45) is 0 Å². The van der Waals surface area contributed by atoms with E-state index in [1.807, 2.05) is 12.1 Å². The Morgan fingerprint density at radius 1 is 1.48 bits per heavy atom. The maximum Gasteiger partial charge on any atom is 0.246 e. The Hall–Kier alpha value is -1.30. The highest BCUT2D eigenvalue weighted by Gasteiger charge is 2.31. The molecule has 0 bridgehead atoms. The second-order valence-electron chi connectivity index (χ2n) is 5.58. The van der Waals surface area contributed by atoms with E-state index in [-0.39, 0.29) is 18.1 Å². The molecular formula is C15H20ClN3O2. The van der Waals surface area contributed by atoms with Crippen molar-refractivity contribution in [2.75, 3.05) is 37.0 Å². The first-order valence-electron chi connectivity index (χ1n) is 7.28. The minimum atomic E-state index is -0.321. The van der Waals surface area contributed by atoms with Gasteiger partial charge in [-0.15, -0.1) is 0 Å². The Labute approximate surface area is 129 Å². The molecule has 6 heteroatoms. The summed E-state index contributed by atoms with van der Waals surface area (Å²) in [5.74, 6) is -0.0340. The van der Waals surface area contributed by atoms with E-state index >= 15 is 0 Å². The van der Waals surface area contributed by atoms with Crippen LogP contribution in [0.4, 0.5) is 11.4 Å². The van der Waals surface area contributed by atoms with Gasteiger partial charge in [0.2, 0.25) is 5.91 Å². The molecule has 21 heavy (non-hydrogen) atoms. The molecule has 1 amide bonds. The molecule has 0 spiro atoms. The molecule has 2 unspecified atom stereocenters. The second kappa shape index (κ2) is 5.83. The number of ether oxygens (including phenoxy) is 1. The van der Waals surface area contributed by atoms with E-state index in [0.29, 0.717) is 5.02 Å². The van der Waals surface area contributed by atoms with Gasteiger partial charge in [-0.3, -0.25) is 4.79 Å². The molecule has 0 saturated carbocycles. The van der Waals surface area contributed by atoms with E-state index in [4.69, 9.17) is 16.3 Å². The molecule has 5 nitrogen and oxygen atoms in total. The quantitative estimate of drug-likeness (QED) is 0.879. The summed E-state index contributed by atoms with van der Waals surface area (Å²) < 4.78 is 5.67. The monoisotopic (exact) mass is 309 g/mol. The summed E-state index contributed by atoms with van der Waals surface area (Å²) in [5, 5.41) is 6.60. The molecule has 0 aromatic heterocycles. The summed E-state index contributed by atoms with van der Waals surface area (Å²) in [6, 6.07) is 3.55. The van der Waals surface area contributed by atoms with Crippen molar-refractivity contribution in [3.63, 3.8) is 0 Å². The lowest BCUT2D eigenvalue weighted by Gasteiger charge is -2.26. The van der Waals surface area contributed by atoms with Crippen LogP contribution in [0.15, 0.2) is 12.1 Å². The average molecular weight is 310 g/mol. The molecule has 0 aliphatic carbocycles. The molecule has 3 rings (SSSR count). The van der Waals surface area contributed by atoms with Crippen LogP contribution in [0.25, 0.3) is 0 Å². The molecule has 114 valence electrons. The topological polar surface area (TPSA) is 53.6 Å². The van der Waals surface area contributed by atoms with Gasteiger partial charge in [0, 0.05) is 30.9 Å². The first-order valence-corrected chi connectivity index (χ1v) is 7.66. The van der Waals surface area contributed by atoms with Gasteiger partial charge in [0.15, 0.2) is 0 Å². The van der Waals surface area contributed by atoms with Gasteiger partial charge >= 0.3 is 0 Å². The molecule has 1 fully saturated rings. The van der Waals surface area contributed by atoms with Crippen molar-refractivity contribution in [2.45, 2.75) is 25.5 Å². The van der Waals surface area contributed by atoms with Crippen molar-refractivity contribution in [1.29, 1.82) is 0 Å². The zero-order chi connectivity index (χ0) is 15.0. The number of fused-ring (bicyclic) bond motifs is 1.